The van der Waals surface area contributed by atoms with E-state index in [1.165, 1.54) is 98.3 Å². The zero-order valence-corrected chi connectivity index (χ0v) is 28.4. The van der Waals surface area contributed by atoms with Crippen LogP contribution in [0.25, 0.3) is 0 Å². The summed E-state index contributed by atoms with van der Waals surface area (Å²) in [6.45, 7) is 6.66. The third-order valence-corrected chi connectivity index (χ3v) is 7.86. The van der Waals surface area contributed by atoms with Gasteiger partial charge < -0.3 is 34.2 Å². The maximum absolute atomic E-state index is 12.1. The molecule has 11 nitrogen and oxygen atoms in total. The number of benzene rings is 1. The van der Waals surface area contributed by atoms with Gasteiger partial charge in [-0.2, -0.15) is 0 Å². The molecule has 2 rings (SSSR count). The number of hydrogen-bond donors (Lipinski definition) is 1. The lowest BCUT2D eigenvalue weighted by Crippen LogP contribution is -2.63. The van der Waals surface area contributed by atoms with Gasteiger partial charge in [0, 0.05) is 33.4 Å². The van der Waals surface area contributed by atoms with Crippen LogP contribution in [0.1, 0.15) is 124 Å². The number of carbonyl (C=O) groups excluding carboxylic acids is 4. The molecule has 1 aromatic rings. The number of carbonyl (C=O) groups is 4. The summed E-state index contributed by atoms with van der Waals surface area (Å²) in [5.41, 5.74) is 7.82. The summed E-state index contributed by atoms with van der Waals surface area (Å²) < 4.78 is 33.7. The number of nitrogen functional groups attached to an aromatic ring is 1. The molecule has 1 aromatic carbocycles. The SMILES string of the molecule is CCCCCCCCCCCCCCCc1cc(O[C@@H]2O[C@@H](COC(C)=O)[C@@H](OC(C)=O)[C@@H](OC(C)=O)[C@H]2OC(C)=O)ccc1N. The van der Waals surface area contributed by atoms with Gasteiger partial charge in [0.2, 0.25) is 12.4 Å². The smallest absolute Gasteiger partial charge is 0.303 e. The van der Waals surface area contributed by atoms with E-state index in [0.29, 0.717) is 11.4 Å². The first-order valence-corrected chi connectivity index (χ1v) is 16.9. The zero-order valence-electron chi connectivity index (χ0n) is 28.4. The quantitative estimate of drug-likeness (QED) is 0.0685. The molecule has 0 bridgehead atoms. The van der Waals surface area contributed by atoms with Crippen LogP contribution in [0.15, 0.2) is 18.2 Å². The number of ether oxygens (including phenoxy) is 6. The van der Waals surface area contributed by atoms with E-state index in [2.05, 4.69) is 6.92 Å². The highest BCUT2D eigenvalue weighted by atomic mass is 16.7. The van der Waals surface area contributed by atoms with Crippen molar-refractivity contribution in [3.63, 3.8) is 0 Å². The topological polar surface area (TPSA) is 150 Å². The Bertz CT molecular complexity index is 1090. The lowest BCUT2D eigenvalue weighted by atomic mass is 9.98. The van der Waals surface area contributed by atoms with Crippen LogP contribution in [0.3, 0.4) is 0 Å². The van der Waals surface area contributed by atoms with Crippen molar-refractivity contribution >= 4 is 29.6 Å². The molecular formula is C35H55NO10. The molecule has 0 unspecified atom stereocenters. The Hall–Kier alpha value is -3.34. The molecule has 260 valence electrons. The Morgan fingerprint density at radius 1 is 0.674 bits per heavy atom. The van der Waals surface area contributed by atoms with E-state index in [0.717, 1.165) is 24.8 Å². The van der Waals surface area contributed by atoms with Crippen LogP contribution in [0.4, 0.5) is 5.69 Å². The highest BCUT2D eigenvalue weighted by Gasteiger charge is 2.53. The molecule has 0 spiro atoms. The van der Waals surface area contributed by atoms with Crippen LogP contribution in [0, 0.1) is 0 Å². The van der Waals surface area contributed by atoms with E-state index in [1.807, 2.05) is 6.07 Å². The van der Waals surface area contributed by atoms with Crippen LogP contribution in [0.5, 0.6) is 5.75 Å². The third-order valence-electron chi connectivity index (χ3n) is 7.86. The van der Waals surface area contributed by atoms with Crippen molar-refractivity contribution in [1.82, 2.24) is 0 Å². The van der Waals surface area contributed by atoms with E-state index >= 15 is 0 Å². The summed E-state index contributed by atoms with van der Waals surface area (Å²) in [5, 5.41) is 0. The second-order valence-corrected chi connectivity index (χ2v) is 12.0. The van der Waals surface area contributed by atoms with E-state index in [1.54, 1.807) is 12.1 Å². The fourth-order valence-corrected chi connectivity index (χ4v) is 5.62. The van der Waals surface area contributed by atoms with Gasteiger partial charge in [-0.05, 0) is 36.6 Å². The van der Waals surface area contributed by atoms with Gasteiger partial charge in [0.25, 0.3) is 0 Å². The van der Waals surface area contributed by atoms with Crippen LogP contribution in [-0.4, -0.2) is 61.2 Å². The van der Waals surface area contributed by atoms with Crippen molar-refractivity contribution in [3.8, 4) is 5.75 Å². The van der Waals surface area contributed by atoms with Crippen molar-refractivity contribution < 1.29 is 47.6 Å². The highest BCUT2D eigenvalue weighted by molar-refractivity contribution is 5.68. The van der Waals surface area contributed by atoms with Crippen LogP contribution in [0.2, 0.25) is 0 Å². The van der Waals surface area contributed by atoms with Gasteiger partial charge in [-0.3, -0.25) is 19.2 Å². The molecule has 1 aliphatic heterocycles. The molecule has 46 heavy (non-hydrogen) atoms. The molecule has 1 fully saturated rings. The average Bonchev–Trinajstić information content (AvgIpc) is 2.98. The lowest BCUT2D eigenvalue weighted by Gasteiger charge is -2.43. The Labute approximate surface area is 274 Å². The van der Waals surface area contributed by atoms with E-state index in [4.69, 9.17) is 34.2 Å². The van der Waals surface area contributed by atoms with E-state index in [-0.39, 0.29) is 6.61 Å². The molecule has 0 aromatic heterocycles. The van der Waals surface area contributed by atoms with Gasteiger partial charge in [-0.15, -0.1) is 0 Å². The largest absolute Gasteiger partial charge is 0.463 e. The minimum atomic E-state index is -1.30. The Balaban J connectivity index is 2.03. The van der Waals surface area contributed by atoms with Gasteiger partial charge >= 0.3 is 23.9 Å². The Kier molecular flexibility index (Phi) is 18.1. The van der Waals surface area contributed by atoms with Crippen LogP contribution in [-0.2, 0) is 49.3 Å². The van der Waals surface area contributed by atoms with Crippen molar-refractivity contribution in [1.29, 1.82) is 0 Å². The zero-order chi connectivity index (χ0) is 33.9. The molecule has 1 aliphatic rings. The first kappa shape index (κ1) is 38.8. The number of aryl methyl sites for hydroxylation is 1. The molecule has 1 heterocycles. The monoisotopic (exact) mass is 649 g/mol. The Morgan fingerprint density at radius 3 is 1.70 bits per heavy atom. The fraction of sp³-hybridized carbons (Fsp3) is 0.714. The first-order valence-electron chi connectivity index (χ1n) is 16.9. The third kappa shape index (κ3) is 14.8. The van der Waals surface area contributed by atoms with Gasteiger partial charge in [-0.25, -0.2) is 0 Å². The predicted molar refractivity (Wildman–Crippen MR) is 173 cm³/mol. The summed E-state index contributed by atoms with van der Waals surface area (Å²) in [5.74, 6) is -2.31. The summed E-state index contributed by atoms with van der Waals surface area (Å²) in [4.78, 5) is 47.7. The standard InChI is InChI=1S/C35H55NO10/c1-6-7-8-9-10-11-12-13-14-15-16-17-18-19-28-22-29(20-21-30(28)36)45-35-34(44-27(5)40)33(43-26(4)39)32(42-25(3)38)31(46-35)23-41-24(2)37/h20-22,31-35H,6-19,23,36H2,1-5H3/t31-,32+,33+,34+,35+/m0/s1. The maximum atomic E-state index is 12.1. The van der Waals surface area contributed by atoms with Gasteiger partial charge in [0.15, 0.2) is 12.2 Å². The fourth-order valence-electron chi connectivity index (χ4n) is 5.62. The minimum Gasteiger partial charge on any atom is -0.463 e. The molecule has 1 saturated heterocycles. The number of nitrogens with two attached hydrogens (primary N) is 1. The van der Waals surface area contributed by atoms with Gasteiger partial charge in [-0.1, -0.05) is 84.0 Å². The minimum absolute atomic E-state index is 0.330. The van der Waals surface area contributed by atoms with Crippen LogP contribution < -0.4 is 10.5 Å². The normalized spacial score (nSPS) is 20.8. The molecule has 0 amide bonds. The van der Waals surface area contributed by atoms with E-state index in [9.17, 15) is 19.2 Å². The summed E-state index contributed by atoms with van der Waals surface area (Å²) in [6.07, 6.45) is 11.0. The number of hydrogen-bond acceptors (Lipinski definition) is 11. The average molecular weight is 650 g/mol. The highest BCUT2D eigenvalue weighted by Crippen LogP contribution is 2.32. The summed E-state index contributed by atoms with van der Waals surface area (Å²) in [7, 11) is 0. The molecule has 5 atom stereocenters. The second-order valence-electron chi connectivity index (χ2n) is 12.0. The summed E-state index contributed by atoms with van der Waals surface area (Å²) >= 11 is 0. The summed E-state index contributed by atoms with van der Waals surface area (Å²) in [6, 6.07) is 5.21. The molecule has 11 heteroatoms. The van der Waals surface area contributed by atoms with E-state index < -0.39 is 54.6 Å². The first-order chi connectivity index (χ1) is 22.0. The Morgan fingerprint density at radius 2 is 1.17 bits per heavy atom. The van der Waals surface area contributed by atoms with Gasteiger partial charge in [0.05, 0.1) is 0 Å². The van der Waals surface area contributed by atoms with Gasteiger partial charge in [0.1, 0.15) is 18.5 Å². The number of esters is 4. The molecule has 0 radical (unpaired) electrons. The molecular weight excluding hydrogens is 594 g/mol. The molecule has 2 N–H and O–H groups in total. The molecule has 0 saturated carbocycles. The number of rotatable bonds is 21. The van der Waals surface area contributed by atoms with Crippen molar-refractivity contribution in [2.45, 2.75) is 155 Å². The van der Waals surface area contributed by atoms with Crippen molar-refractivity contribution in [2.75, 3.05) is 12.3 Å². The predicted octanol–water partition coefficient (Wildman–Crippen LogP) is 6.36. The van der Waals surface area contributed by atoms with Crippen LogP contribution >= 0.6 is 0 Å². The van der Waals surface area contributed by atoms with Crippen molar-refractivity contribution in [3.05, 3.63) is 23.8 Å². The second kappa shape index (κ2) is 21.5. The number of unbranched alkanes of at least 4 members (excludes halogenated alkanes) is 12. The molecule has 0 aliphatic carbocycles. The lowest BCUT2D eigenvalue weighted by molar-refractivity contribution is -0.288. The number of anilines is 1. The maximum Gasteiger partial charge on any atom is 0.303 e. The van der Waals surface area contributed by atoms with Crippen molar-refractivity contribution in [2.24, 2.45) is 0 Å².